The number of benzene rings is 1. The van der Waals surface area contributed by atoms with E-state index in [4.69, 9.17) is 9.47 Å². The summed E-state index contributed by atoms with van der Waals surface area (Å²) in [5, 5.41) is 6.33. The number of aliphatic imine (C=N–C) groups is 1. The van der Waals surface area contributed by atoms with E-state index in [9.17, 15) is 4.79 Å². The van der Waals surface area contributed by atoms with Crippen molar-refractivity contribution < 1.29 is 14.3 Å². The third-order valence-electron chi connectivity index (χ3n) is 4.39. The molecule has 0 aromatic heterocycles. The molecule has 0 spiro atoms. The van der Waals surface area contributed by atoms with Gasteiger partial charge in [0.05, 0.1) is 19.7 Å². The lowest BCUT2D eigenvalue weighted by Gasteiger charge is -2.17. The van der Waals surface area contributed by atoms with E-state index in [0.717, 1.165) is 49.4 Å². The summed E-state index contributed by atoms with van der Waals surface area (Å²) in [6.45, 7) is 8.26. The number of rotatable bonds is 9. The number of carbonyl (C=O) groups excluding carboxylic acids is 1. The molecule has 0 bridgehead atoms. The van der Waals surface area contributed by atoms with Gasteiger partial charge in [0.25, 0.3) is 0 Å². The average molecular weight is 504 g/mol. The summed E-state index contributed by atoms with van der Waals surface area (Å²) in [5.41, 5.74) is 2.14. The minimum absolute atomic E-state index is 0. The van der Waals surface area contributed by atoms with E-state index < -0.39 is 0 Å². The largest absolute Gasteiger partial charge is 0.491 e. The van der Waals surface area contributed by atoms with E-state index in [1.54, 1.807) is 7.11 Å². The van der Waals surface area contributed by atoms with Crippen molar-refractivity contribution in [3.05, 3.63) is 29.3 Å². The molecule has 0 radical (unpaired) electrons. The van der Waals surface area contributed by atoms with Gasteiger partial charge in [0, 0.05) is 32.3 Å². The highest BCUT2D eigenvalue weighted by atomic mass is 127. The maximum Gasteiger partial charge on any atom is 0.241 e. The van der Waals surface area contributed by atoms with Crippen molar-refractivity contribution in [2.24, 2.45) is 4.99 Å². The number of hydrogen-bond donors (Lipinski definition) is 2. The first-order valence-electron chi connectivity index (χ1n) is 9.65. The van der Waals surface area contributed by atoms with Crippen molar-refractivity contribution in [1.82, 2.24) is 15.5 Å². The Hall–Kier alpha value is -1.55. The summed E-state index contributed by atoms with van der Waals surface area (Å²) in [7, 11) is 1.66. The lowest BCUT2D eigenvalue weighted by atomic mass is 10.1. The molecule has 1 aromatic rings. The van der Waals surface area contributed by atoms with Gasteiger partial charge in [-0.15, -0.1) is 24.0 Å². The van der Waals surface area contributed by atoms with E-state index in [1.807, 2.05) is 36.9 Å². The van der Waals surface area contributed by atoms with E-state index in [0.29, 0.717) is 25.7 Å². The van der Waals surface area contributed by atoms with Crippen LogP contribution in [0, 0.1) is 6.92 Å². The maximum atomic E-state index is 12.2. The number of ether oxygens (including phenoxy) is 2. The summed E-state index contributed by atoms with van der Waals surface area (Å²) in [5.74, 6) is 1.57. The number of likely N-dealkylation sites (tertiary alicyclic amines) is 1. The molecule has 7 nitrogen and oxygen atoms in total. The van der Waals surface area contributed by atoms with Crippen molar-refractivity contribution in [1.29, 1.82) is 0 Å². The van der Waals surface area contributed by atoms with Crippen LogP contribution in [0.1, 0.15) is 30.9 Å². The van der Waals surface area contributed by atoms with Gasteiger partial charge in [0.15, 0.2) is 5.96 Å². The molecular formula is C20H33IN4O3. The maximum absolute atomic E-state index is 12.2. The SMILES string of the molecule is CCNC(=NCc1ccc(C)cc1OCCOC)NCC(=O)N1CCCC1.I. The lowest BCUT2D eigenvalue weighted by molar-refractivity contribution is -0.128. The quantitative estimate of drug-likeness (QED) is 0.234. The molecule has 1 aliphatic heterocycles. The van der Waals surface area contributed by atoms with E-state index >= 15 is 0 Å². The first-order chi connectivity index (χ1) is 13.1. The molecule has 1 saturated heterocycles. The van der Waals surface area contributed by atoms with Crippen LogP contribution in [-0.2, 0) is 16.1 Å². The van der Waals surface area contributed by atoms with Crippen LogP contribution in [0.2, 0.25) is 0 Å². The predicted octanol–water partition coefficient (Wildman–Crippen LogP) is 2.32. The Kier molecular flexibility index (Phi) is 11.9. The van der Waals surface area contributed by atoms with Gasteiger partial charge in [-0.1, -0.05) is 12.1 Å². The van der Waals surface area contributed by atoms with Crippen LogP contribution >= 0.6 is 24.0 Å². The Labute approximate surface area is 185 Å². The molecule has 158 valence electrons. The Morgan fingerprint density at radius 1 is 1.21 bits per heavy atom. The molecule has 28 heavy (non-hydrogen) atoms. The zero-order valence-electron chi connectivity index (χ0n) is 17.1. The molecule has 0 aliphatic carbocycles. The van der Waals surface area contributed by atoms with Crippen molar-refractivity contribution >= 4 is 35.8 Å². The molecule has 0 atom stereocenters. The fourth-order valence-electron chi connectivity index (χ4n) is 2.91. The highest BCUT2D eigenvalue weighted by Crippen LogP contribution is 2.21. The normalized spacial score (nSPS) is 13.8. The van der Waals surface area contributed by atoms with Crippen LogP contribution in [0.5, 0.6) is 5.75 Å². The Bertz CT molecular complexity index is 634. The van der Waals surface area contributed by atoms with E-state index in [-0.39, 0.29) is 36.4 Å². The van der Waals surface area contributed by atoms with Crippen LogP contribution in [-0.4, -0.2) is 63.3 Å². The van der Waals surface area contributed by atoms with E-state index in [1.165, 1.54) is 0 Å². The molecule has 0 saturated carbocycles. The number of carbonyl (C=O) groups is 1. The molecule has 1 amide bonds. The van der Waals surface area contributed by atoms with Crippen LogP contribution < -0.4 is 15.4 Å². The average Bonchev–Trinajstić information content (AvgIpc) is 3.20. The zero-order valence-corrected chi connectivity index (χ0v) is 19.5. The topological polar surface area (TPSA) is 75.2 Å². The van der Waals surface area contributed by atoms with Gasteiger partial charge in [-0.05, 0) is 38.3 Å². The van der Waals surface area contributed by atoms with Crippen LogP contribution in [0.3, 0.4) is 0 Å². The van der Waals surface area contributed by atoms with Crippen LogP contribution in [0.25, 0.3) is 0 Å². The Morgan fingerprint density at radius 3 is 2.64 bits per heavy atom. The standard InChI is InChI=1S/C20H32N4O3.HI/c1-4-21-20(23-15-19(25)24-9-5-6-10-24)22-14-17-8-7-16(2)13-18(17)27-12-11-26-3;/h7-8,13H,4-6,9-12,14-15H2,1-3H3,(H2,21,22,23);1H. The molecule has 1 aromatic carbocycles. The monoisotopic (exact) mass is 504 g/mol. The third kappa shape index (κ3) is 8.22. The van der Waals surface area contributed by atoms with Gasteiger partial charge in [-0.25, -0.2) is 4.99 Å². The lowest BCUT2D eigenvalue weighted by Crippen LogP contribution is -2.44. The Morgan fingerprint density at radius 2 is 1.96 bits per heavy atom. The fraction of sp³-hybridized carbons (Fsp3) is 0.600. The number of guanidine groups is 1. The molecule has 1 heterocycles. The number of methoxy groups -OCH3 is 1. The third-order valence-corrected chi connectivity index (χ3v) is 4.39. The number of halogens is 1. The molecule has 2 N–H and O–H groups in total. The molecule has 1 fully saturated rings. The molecular weight excluding hydrogens is 471 g/mol. The minimum Gasteiger partial charge on any atom is -0.491 e. The van der Waals surface area contributed by atoms with Gasteiger partial charge in [-0.2, -0.15) is 0 Å². The smallest absolute Gasteiger partial charge is 0.241 e. The molecule has 1 aliphatic rings. The number of nitrogens with one attached hydrogen (secondary N) is 2. The second-order valence-electron chi connectivity index (χ2n) is 6.59. The molecule has 8 heteroatoms. The first kappa shape index (κ1) is 24.5. The highest BCUT2D eigenvalue weighted by Gasteiger charge is 2.17. The summed E-state index contributed by atoms with van der Waals surface area (Å²) in [6, 6.07) is 6.09. The second-order valence-corrected chi connectivity index (χ2v) is 6.59. The zero-order chi connectivity index (χ0) is 19.5. The van der Waals surface area contributed by atoms with Crippen molar-refractivity contribution in [3.63, 3.8) is 0 Å². The number of hydrogen-bond acceptors (Lipinski definition) is 4. The first-order valence-corrected chi connectivity index (χ1v) is 9.65. The van der Waals surface area contributed by atoms with Crippen molar-refractivity contribution in [2.45, 2.75) is 33.2 Å². The summed E-state index contributed by atoms with van der Waals surface area (Å²) in [4.78, 5) is 18.7. The minimum atomic E-state index is 0. The van der Waals surface area contributed by atoms with Crippen LogP contribution in [0.4, 0.5) is 0 Å². The molecule has 2 rings (SSSR count). The Balaban J connectivity index is 0.00000392. The van der Waals surface area contributed by atoms with Crippen molar-refractivity contribution in [3.8, 4) is 5.75 Å². The van der Waals surface area contributed by atoms with Crippen molar-refractivity contribution in [2.75, 3.05) is 46.5 Å². The van der Waals surface area contributed by atoms with Gasteiger partial charge in [0.1, 0.15) is 12.4 Å². The van der Waals surface area contributed by atoms with Gasteiger partial charge in [-0.3, -0.25) is 4.79 Å². The fourth-order valence-corrected chi connectivity index (χ4v) is 2.91. The van der Waals surface area contributed by atoms with Gasteiger partial charge < -0.3 is 25.0 Å². The summed E-state index contributed by atoms with van der Waals surface area (Å²) in [6.07, 6.45) is 2.19. The summed E-state index contributed by atoms with van der Waals surface area (Å²) < 4.78 is 10.9. The summed E-state index contributed by atoms with van der Waals surface area (Å²) >= 11 is 0. The highest BCUT2D eigenvalue weighted by molar-refractivity contribution is 14.0. The van der Waals surface area contributed by atoms with Gasteiger partial charge >= 0.3 is 0 Å². The number of nitrogens with zero attached hydrogens (tertiary/aromatic N) is 2. The van der Waals surface area contributed by atoms with Gasteiger partial charge in [0.2, 0.25) is 5.91 Å². The number of aryl methyl sites for hydroxylation is 1. The number of amides is 1. The predicted molar refractivity (Wildman–Crippen MR) is 123 cm³/mol. The molecule has 0 unspecified atom stereocenters. The van der Waals surface area contributed by atoms with Crippen LogP contribution in [0.15, 0.2) is 23.2 Å². The second kappa shape index (κ2) is 13.6. The van der Waals surface area contributed by atoms with E-state index in [2.05, 4.69) is 15.6 Å².